The van der Waals surface area contributed by atoms with Gasteiger partial charge in [0.05, 0.1) is 6.04 Å². The third-order valence-electron chi connectivity index (χ3n) is 10.2. The fourth-order valence-electron chi connectivity index (χ4n) is 6.77. The molecule has 0 fully saturated rings. The second kappa shape index (κ2) is 19.5. The van der Waals surface area contributed by atoms with E-state index in [1.807, 2.05) is 76.7 Å². The van der Waals surface area contributed by atoms with Crippen LogP contribution in [0.15, 0.2) is 54.3 Å². The number of hydrogen-bond donors (Lipinski definition) is 5. The van der Waals surface area contributed by atoms with E-state index in [2.05, 4.69) is 21.3 Å². The third-order valence-corrected chi connectivity index (χ3v) is 10.2. The summed E-state index contributed by atoms with van der Waals surface area (Å²) in [6, 6.07) is 5.39. The molecular formula is C41H59N7O8. The molecule has 0 saturated heterocycles. The Balaban J connectivity index is 1.49. The van der Waals surface area contributed by atoms with Crippen molar-refractivity contribution in [1.29, 1.82) is 0 Å². The minimum atomic E-state index is -1.19. The molecule has 15 heteroatoms. The van der Waals surface area contributed by atoms with E-state index < -0.39 is 52.6 Å². The van der Waals surface area contributed by atoms with E-state index in [9.17, 15) is 38.7 Å². The van der Waals surface area contributed by atoms with E-state index in [1.54, 1.807) is 27.1 Å². The van der Waals surface area contributed by atoms with Crippen LogP contribution in [-0.2, 0) is 46.0 Å². The number of para-hydroxylation sites is 1. The molecule has 306 valence electrons. The number of carboxylic acids is 1. The van der Waals surface area contributed by atoms with Crippen LogP contribution in [0.2, 0.25) is 0 Å². The first-order chi connectivity index (χ1) is 26.2. The second-order valence-electron chi connectivity index (χ2n) is 16.0. The number of hydrogen-bond acceptors (Lipinski definition) is 8. The van der Waals surface area contributed by atoms with Gasteiger partial charge in [0.25, 0.3) is 11.8 Å². The fourth-order valence-corrected chi connectivity index (χ4v) is 6.77. The lowest BCUT2D eigenvalue weighted by atomic mass is 9.76. The topological polar surface area (TPSA) is 199 Å². The van der Waals surface area contributed by atoms with Crippen LogP contribution in [0.25, 0.3) is 10.9 Å². The normalized spacial score (nSPS) is 15.1. The number of unbranched alkanes of at least 4 members (excludes halogenated alkanes) is 1. The van der Waals surface area contributed by atoms with Gasteiger partial charge in [-0.1, -0.05) is 58.9 Å². The Morgan fingerprint density at radius 1 is 0.929 bits per heavy atom. The summed E-state index contributed by atoms with van der Waals surface area (Å²) in [7, 11) is 5.33. The van der Waals surface area contributed by atoms with Gasteiger partial charge in [0, 0.05) is 80.4 Å². The Kier molecular flexibility index (Phi) is 15.7. The third kappa shape index (κ3) is 11.6. The Morgan fingerprint density at radius 2 is 1.57 bits per heavy atom. The highest BCUT2D eigenvalue weighted by Crippen LogP contribution is 2.35. The molecular weight excluding hydrogens is 718 g/mol. The zero-order chi connectivity index (χ0) is 42.0. The van der Waals surface area contributed by atoms with Crippen molar-refractivity contribution in [3.05, 3.63) is 59.8 Å². The number of aryl methyl sites for hydroxylation is 1. The summed E-state index contributed by atoms with van der Waals surface area (Å²) in [5, 5.41) is 22.1. The number of carbonyl (C=O) groups is 7. The number of carbonyl (C=O) groups excluding carboxylic acids is 6. The van der Waals surface area contributed by atoms with Crippen molar-refractivity contribution in [3.8, 4) is 0 Å². The van der Waals surface area contributed by atoms with Gasteiger partial charge in [-0.25, -0.2) is 4.79 Å². The molecule has 0 spiro atoms. The molecule has 0 unspecified atom stereocenters. The molecule has 1 aromatic carbocycles. The predicted octanol–water partition coefficient (Wildman–Crippen LogP) is 2.54. The molecule has 3 atom stereocenters. The van der Waals surface area contributed by atoms with E-state index in [0.29, 0.717) is 18.4 Å². The molecule has 1 aliphatic rings. The molecule has 0 saturated carbocycles. The van der Waals surface area contributed by atoms with Crippen molar-refractivity contribution in [1.82, 2.24) is 35.6 Å². The van der Waals surface area contributed by atoms with Gasteiger partial charge in [0.2, 0.25) is 23.6 Å². The highest BCUT2D eigenvalue weighted by atomic mass is 16.4. The Morgan fingerprint density at radius 3 is 2.18 bits per heavy atom. The lowest BCUT2D eigenvalue weighted by Gasteiger charge is -2.38. The molecule has 5 N–H and O–H groups in total. The van der Waals surface area contributed by atoms with Gasteiger partial charge in [-0.15, -0.1) is 0 Å². The highest BCUT2D eigenvalue weighted by Gasteiger charge is 2.41. The average molecular weight is 778 g/mol. The summed E-state index contributed by atoms with van der Waals surface area (Å²) in [6.45, 7) is 11.8. The maximum atomic E-state index is 14.0. The zero-order valence-electron chi connectivity index (χ0n) is 34.2. The van der Waals surface area contributed by atoms with E-state index >= 15 is 0 Å². The van der Waals surface area contributed by atoms with Crippen LogP contribution < -0.4 is 21.3 Å². The SMILES string of the molecule is CN[C@H](C(=O)N[C@H](C(=O)N(C)C/C=C(\C)C(=O)NCCCC[C@H](NC(=O)CCCN1C(=O)C=CC1=O)C(=O)O)C(C)(C)C)C(C)(C)c1cn(C)c2ccccc12. The Labute approximate surface area is 329 Å². The monoisotopic (exact) mass is 777 g/mol. The molecule has 15 nitrogen and oxygen atoms in total. The number of carboxylic acid groups (broad SMARTS) is 1. The van der Waals surface area contributed by atoms with Crippen molar-refractivity contribution in [2.24, 2.45) is 12.5 Å². The molecule has 56 heavy (non-hydrogen) atoms. The predicted molar refractivity (Wildman–Crippen MR) is 213 cm³/mol. The number of benzene rings is 1. The fraction of sp³-hybridized carbons (Fsp3) is 0.537. The number of amides is 6. The van der Waals surface area contributed by atoms with Crippen molar-refractivity contribution in [2.45, 2.75) is 97.2 Å². The van der Waals surface area contributed by atoms with Gasteiger partial charge < -0.3 is 35.8 Å². The Hall–Kier alpha value is -5.31. The van der Waals surface area contributed by atoms with Crippen LogP contribution in [0.1, 0.15) is 79.2 Å². The quantitative estimate of drug-likeness (QED) is 0.0762. The van der Waals surface area contributed by atoms with Crippen LogP contribution in [0.5, 0.6) is 0 Å². The molecule has 1 aromatic heterocycles. The summed E-state index contributed by atoms with van der Waals surface area (Å²) < 4.78 is 2.04. The smallest absolute Gasteiger partial charge is 0.326 e. The van der Waals surface area contributed by atoms with Crippen LogP contribution in [0, 0.1) is 5.41 Å². The van der Waals surface area contributed by atoms with Gasteiger partial charge in [0.15, 0.2) is 0 Å². The first kappa shape index (κ1) is 45.1. The van der Waals surface area contributed by atoms with E-state index in [0.717, 1.165) is 33.5 Å². The summed E-state index contributed by atoms with van der Waals surface area (Å²) in [6.07, 6.45) is 7.17. The molecule has 0 radical (unpaired) electrons. The van der Waals surface area contributed by atoms with E-state index in [-0.39, 0.29) is 56.6 Å². The number of fused-ring (bicyclic) bond motifs is 1. The number of nitrogens with one attached hydrogen (secondary N) is 4. The largest absolute Gasteiger partial charge is 0.480 e. The molecule has 3 rings (SSSR count). The number of nitrogens with zero attached hydrogens (tertiary/aromatic N) is 3. The number of rotatable bonds is 20. The van der Waals surface area contributed by atoms with Crippen LogP contribution in [0.3, 0.4) is 0 Å². The first-order valence-corrected chi connectivity index (χ1v) is 19.0. The number of aliphatic carboxylic acids is 1. The second-order valence-corrected chi connectivity index (χ2v) is 16.0. The summed E-state index contributed by atoms with van der Waals surface area (Å²) in [4.78, 5) is 90.4. The molecule has 2 heterocycles. The van der Waals surface area contributed by atoms with Gasteiger partial charge in [0.1, 0.15) is 12.1 Å². The lowest BCUT2D eigenvalue weighted by molar-refractivity contribution is -0.142. The standard InChI is InChI=1S/C41H59N7O8/c1-26(36(52)43-22-13-12-16-29(39(55)56)44-31(49)18-14-23-48-32(50)19-20-33(48)51)21-24-46(8)38(54)35(40(2,3)4)45-37(53)34(42-7)41(5,6)28-25-47(9)30-17-11-10-15-27(28)30/h10-11,15,17,19-21,25,29,34-35,42H,12-14,16,18,22-24H2,1-9H3,(H,43,52)(H,44,49)(H,45,53)(H,55,56)/b26-21+/t29-,34+,35+/m0/s1. The van der Waals surface area contributed by atoms with Crippen molar-refractivity contribution >= 4 is 52.3 Å². The minimum absolute atomic E-state index is 0.0451. The summed E-state index contributed by atoms with van der Waals surface area (Å²) in [5.74, 6) is -3.52. The van der Waals surface area contributed by atoms with E-state index in [1.165, 1.54) is 4.90 Å². The van der Waals surface area contributed by atoms with Crippen LogP contribution in [0.4, 0.5) is 0 Å². The minimum Gasteiger partial charge on any atom is -0.480 e. The van der Waals surface area contributed by atoms with Gasteiger partial charge >= 0.3 is 5.97 Å². The molecule has 0 bridgehead atoms. The van der Waals surface area contributed by atoms with Gasteiger partial charge in [-0.3, -0.25) is 33.7 Å². The van der Waals surface area contributed by atoms with Gasteiger partial charge in [-0.2, -0.15) is 0 Å². The summed E-state index contributed by atoms with van der Waals surface area (Å²) in [5.41, 5.74) is 1.18. The van der Waals surface area contributed by atoms with Crippen LogP contribution >= 0.6 is 0 Å². The van der Waals surface area contributed by atoms with Crippen molar-refractivity contribution in [2.75, 3.05) is 33.7 Å². The first-order valence-electron chi connectivity index (χ1n) is 19.0. The molecule has 0 aliphatic carbocycles. The van der Waals surface area contributed by atoms with Crippen LogP contribution in [-0.4, -0.2) is 113 Å². The molecule has 6 amide bonds. The number of imide groups is 1. The maximum Gasteiger partial charge on any atom is 0.326 e. The van der Waals surface area contributed by atoms with Crippen molar-refractivity contribution in [3.63, 3.8) is 0 Å². The van der Waals surface area contributed by atoms with Gasteiger partial charge in [-0.05, 0) is 56.7 Å². The number of aromatic nitrogens is 1. The average Bonchev–Trinajstić information content (AvgIpc) is 3.65. The maximum absolute atomic E-state index is 14.0. The van der Waals surface area contributed by atoms with Crippen molar-refractivity contribution < 1.29 is 38.7 Å². The molecule has 1 aliphatic heterocycles. The van der Waals surface area contributed by atoms with E-state index in [4.69, 9.17) is 0 Å². The Bertz CT molecular complexity index is 1840. The molecule has 2 aromatic rings. The zero-order valence-corrected chi connectivity index (χ0v) is 34.2. The highest BCUT2D eigenvalue weighted by molar-refractivity contribution is 6.12. The summed E-state index contributed by atoms with van der Waals surface area (Å²) >= 11 is 0. The lowest BCUT2D eigenvalue weighted by Crippen LogP contribution is -2.60. The number of likely N-dealkylation sites (N-methyl/N-ethyl adjacent to an activating group) is 2.